The Morgan fingerprint density at radius 3 is 2.58 bits per heavy atom. The third kappa shape index (κ3) is 3.58. The number of amides is 1. The zero-order valence-corrected chi connectivity index (χ0v) is 12.8. The summed E-state index contributed by atoms with van der Waals surface area (Å²) in [5, 5.41) is 5.44. The van der Waals surface area contributed by atoms with Gasteiger partial charge in [-0.05, 0) is 18.4 Å². The number of rotatable bonds is 4. The summed E-state index contributed by atoms with van der Waals surface area (Å²) < 4.78 is 0. The van der Waals surface area contributed by atoms with Crippen molar-refractivity contribution in [3.8, 4) is 11.3 Å². The van der Waals surface area contributed by atoms with Crippen molar-refractivity contribution in [1.29, 1.82) is 0 Å². The van der Waals surface area contributed by atoms with Crippen molar-refractivity contribution in [2.75, 3.05) is 11.6 Å². The number of hydrogen-bond donors (Lipinski definition) is 1. The van der Waals surface area contributed by atoms with Gasteiger partial charge in [0.05, 0.1) is 5.69 Å². The van der Waals surface area contributed by atoms with Gasteiger partial charge in [-0.15, -0.1) is 23.1 Å². The summed E-state index contributed by atoms with van der Waals surface area (Å²) in [6, 6.07) is 8.25. The molecular formula is C14H16N2OS2. The van der Waals surface area contributed by atoms with Gasteiger partial charge in [0.1, 0.15) is 0 Å². The standard InChI is InChI=1S/C14H16N2OS2/c1-9(2)13(17)16-14-15-12(8-19-14)10-4-6-11(18-3)7-5-10/h4-9H,1-3H3,(H,15,16,17). The summed E-state index contributed by atoms with van der Waals surface area (Å²) in [5.74, 6) is -0.0353. The van der Waals surface area contributed by atoms with Gasteiger partial charge < -0.3 is 5.32 Å². The molecule has 5 heteroatoms. The van der Waals surface area contributed by atoms with Crippen LogP contribution in [0.5, 0.6) is 0 Å². The van der Waals surface area contributed by atoms with Crippen molar-refractivity contribution in [3.63, 3.8) is 0 Å². The molecule has 0 atom stereocenters. The van der Waals surface area contributed by atoms with Gasteiger partial charge in [-0.2, -0.15) is 0 Å². The van der Waals surface area contributed by atoms with E-state index in [-0.39, 0.29) is 11.8 Å². The fourth-order valence-electron chi connectivity index (χ4n) is 1.48. The number of nitrogens with zero attached hydrogens (tertiary/aromatic N) is 1. The molecule has 1 amide bonds. The number of thiazole rings is 1. The van der Waals surface area contributed by atoms with E-state index in [1.54, 1.807) is 11.8 Å². The first-order valence-electron chi connectivity index (χ1n) is 6.01. The minimum absolute atomic E-state index is 0.00127. The Labute approximate surface area is 121 Å². The minimum atomic E-state index is -0.0341. The Balaban J connectivity index is 2.13. The van der Waals surface area contributed by atoms with Crippen LogP contribution in [-0.2, 0) is 4.79 Å². The normalized spacial score (nSPS) is 10.7. The molecule has 0 spiro atoms. The third-order valence-electron chi connectivity index (χ3n) is 2.64. The molecule has 2 aromatic rings. The number of carbonyl (C=O) groups is 1. The van der Waals surface area contributed by atoms with E-state index in [4.69, 9.17) is 0 Å². The van der Waals surface area contributed by atoms with E-state index in [1.807, 2.05) is 19.2 Å². The maximum atomic E-state index is 11.6. The first kappa shape index (κ1) is 14.1. The van der Waals surface area contributed by atoms with E-state index >= 15 is 0 Å². The highest BCUT2D eigenvalue weighted by Gasteiger charge is 2.10. The van der Waals surface area contributed by atoms with Crippen LogP contribution >= 0.6 is 23.1 Å². The molecule has 1 aromatic carbocycles. The summed E-state index contributed by atoms with van der Waals surface area (Å²) in [4.78, 5) is 17.3. The average Bonchev–Trinajstić information content (AvgIpc) is 2.87. The lowest BCUT2D eigenvalue weighted by atomic mass is 10.2. The van der Waals surface area contributed by atoms with Crippen molar-refractivity contribution in [3.05, 3.63) is 29.6 Å². The van der Waals surface area contributed by atoms with E-state index in [1.165, 1.54) is 16.2 Å². The van der Waals surface area contributed by atoms with Crippen molar-refractivity contribution in [1.82, 2.24) is 4.98 Å². The van der Waals surface area contributed by atoms with Gasteiger partial charge >= 0.3 is 0 Å². The molecule has 0 fully saturated rings. The Bertz CT molecular complexity index is 561. The molecule has 100 valence electrons. The van der Waals surface area contributed by atoms with Crippen LogP contribution in [-0.4, -0.2) is 17.1 Å². The smallest absolute Gasteiger partial charge is 0.228 e. The summed E-state index contributed by atoms with van der Waals surface area (Å²) in [6.45, 7) is 3.73. The molecule has 0 unspecified atom stereocenters. The van der Waals surface area contributed by atoms with E-state index in [0.29, 0.717) is 5.13 Å². The molecular weight excluding hydrogens is 276 g/mol. The highest BCUT2D eigenvalue weighted by atomic mass is 32.2. The van der Waals surface area contributed by atoms with Gasteiger partial charge in [-0.25, -0.2) is 4.98 Å². The van der Waals surface area contributed by atoms with Crippen LogP contribution in [0.1, 0.15) is 13.8 Å². The van der Waals surface area contributed by atoms with Crippen LogP contribution < -0.4 is 5.32 Å². The summed E-state index contributed by atoms with van der Waals surface area (Å²) in [5.41, 5.74) is 1.97. The fourth-order valence-corrected chi connectivity index (χ4v) is 2.61. The molecule has 3 nitrogen and oxygen atoms in total. The third-order valence-corrected chi connectivity index (χ3v) is 4.15. The predicted molar refractivity (Wildman–Crippen MR) is 82.8 cm³/mol. The maximum Gasteiger partial charge on any atom is 0.228 e. The molecule has 19 heavy (non-hydrogen) atoms. The van der Waals surface area contributed by atoms with E-state index in [0.717, 1.165) is 11.3 Å². The monoisotopic (exact) mass is 292 g/mol. The number of carbonyl (C=O) groups excluding carboxylic acids is 1. The van der Waals surface area contributed by atoms with Gasteiger partial charge in [0.15, 0.2) is 5.13 Å². The zero-order valence-electron chi connectivity index (χ0n) is 11.1. The summed E-state index contributed by atoms with van der Waals surface area (Å²) >= 11 is 3.17. The van der Waals surface area contributed by atoms with E-state index in [9.17, 15) is 4.79 Å². The summed E-state index contributed by atoms with van der Waals surface area (Å²) in [6.07, 6.45) is 2.05. The molecule has 1 aromatic heterocycles. The molecule has 0 radical (unpaired) electrons. The van der Waals surface area contributed by atoms with Crippen LogP contribution in [0.3, 0.4) is 0 Å². The van der Waals surface area contributed by atoms with Crippen molar-refractivity contribution in [2.24, 2.45) is 5.92 Å². The second kappa shape index (κ2) is 6.21. The van der Waals surface area contributed by atoms with Gasteiger partial charge in [0.25, 0.3) is 0 Å². The van der Waals surface area contributed by atoms with Crippen LogP contribution in [0.25, 0.3) is 11.3 Å². The molecule has 0 aliphatic rings. The fraction of sp³-hybridized carbons (Fsp3) is 0.286. The van der Waals surface area contributed by atoms with Crippen LogP contribution in [0, 0.1) is 5.92 Å². The second-order valence-corrected chi connectivity index (χ2v) is 6.15. The second-order valence-electron chi connectivity index (χ2n) is 4.41. The molecule has 0 bridgehead atoms. The number of aromatic nitrogens is 1. The van der Waals surface area contributed by atoms with E-state index in [2.05, 4.69) is 40.8 Å². The molecule has 0 saturated heterocycles. The molecule has 1 heterocycles. The van der Waals surface area contributed by atoms with Crippen LogP contribution in [0.2, 0.25) is 0 Å². The first-order chi connectivity index (χ1) is 9.10. The lowest BCUT2D eigenvalue weighted by Crippen LogP contribution is -2.17. The Morgan fingerprint density at radius 1 is 1.32 bits per heavy atom. The molecule has 2 rings (SSSR count). The van der Waals surface area contributed by atoms with Crippen LogP contribution in [0.4, 0.5) is 5.13 Å². The van der Waals surface area contributed by atoms with Gasteiger partial charge in [-0.3, -0.25) is 4.79 Å². The quantitative estimate of drug-likeness (QED) is 0.862. The number of nitrogens with one attached hydrogen (secondary N) is 1. The summed E-state index contributed by atoms with van der Waals surface area (Å²) in [7, 11) is 0. The predicted octanol–water partition coefficient (Wildman–Crippen LogP) is 4.13. The topological polar surface area (TPSA) is 42.0 Å². The average molecular weight is 292 g/mol. The largest absolute Gasteiger partial charge is 0.302 e. The molecule has 1 N–H and O–H groups in total. The van der Waals surface area contributed by atoms with Crippen molar-refractivity contribution in [2.45, 2.75) is 18.7 Å². The van der Waals surface area contributed by atoms with Crippen LogP contribution in [0.15, 0.2) is 34.5 Å². The lowest BCUT2D eigenvalue weighted by Gasteiger charge is -2.03. The SMILES string of the molecule is CSc1ccc(-c2csc(NC(=O)C(C)C)n2)cc1. The van der Waals surface area contributed by atoms with Gasteiger partial charge in [-0.1, -0.05) is 26.0 Å². The first-order valence-corrected chi connectivity index (χ1v) is 8.11. The number of thioether (sulfide) groups is 1. The van der Waals surface area contributed by atoms with Crippen molar-refractivity contribution < 1.29 is 4.79 Å². The number of hydrogen-bond acceptors (Lipinski definition) is 4. The highest BCUT2D eigenvalue weighted by molar-refractivity contribution is 7.98. The molecule has 0 aliphatic carbocycles. The highest BCUT2D eigenvalue weighted by Crippen LogP contribution is 2.26. The maximum absolute atomic E-state index is 11.6. The van der Waals surface area contributed by atoms with E-state index < -0.39 is 0 Å². The Hall–Kier alpha value is -1.33. The Kier molecular flexibility index (Phi) is 4.61. The minimum Gasteiger partial charge on any atom is -0.302 e. The zero-order chi connectivity index (χ0) is 13.8. The van der Waals surface area contributed by atoms with Gasteiger partial charge in [0, 0.05) is 21.8 Å². The number of benzene rings is 1. The van der Waals surface area contributed by atoms with Gasteiger partial charge in [0.2, 0.25) is 5.91 Å². The number of anilines is 1. The Morgan fingerprint density at radius 2 is 2.00 bits per heavy atom. The molecule has 0 aliphatic heterocycles. The lowest BCUT2D eigenvalue weighted by molar-refractivity contribution is -0.118. The molecule has 0 saturated carbocycles. The van der Waals surface area contributed by atoms with Crippen molar-refractivity contribution >= 4 is 34.1 Å².